The lowest BCUT2D eigenvalue weighted by molar-refractivity contribution is 0.1000. The molecule has 1 fully saturated rings. The SMILES string of the molecule is NC(=O)c1ccc2c(c1)CC=CO2.OC1CNC1. The summed E-state index contributed by atoms with van der Waals surface area (Å²) in [5.41, 5.74) is 6.67. The van der Waals surface area contributed by atoms with Crippen molar-refractivity contribution in [2.24, 2.45) is 5.73 Å². The normalized spacial score (nSPS) is 16.7. The van der Waals surface area contributed by atoms with Crippen LogP contribution in [0.2, 0.25) is 0 Å². The van der Waals surface area contributed by atoms with Crippen molar-refractivity contribution in [2.75, 3.05) is 13.1 Å². The van der Waals surface area contributed by atoms with Crippen molar-refractivity contribution >= 4 is 5.91 Å². The summed E-state index contributed by atoms with van der Waals surface area (Å²) in [6, 6.07) is 5.19. The summed E-state index contributed by atoms with van der Waals surface area (Å²) in [6.07, 6.45) is 4.28. The Morgan fingerprint density at radius 3 is 2.72 bits per heavy atom. The number of fused-ring (bicyclic) bond motifs is 1. The zero-order valence-corrected chi connectivity index (χ0v) is 9.93. The van der Waals surface area contributed by atoms with Gasteiger partial charge in [0.15, 0.2) is 0 Å². The number of amides is 1. The van der Waals surface area contributed by atoms with E-state index in [1.807, 2.05) is 6.08 Å². The molecule has 0 aromatic heterocycles. The van der Waals surface area contributed by atoms with Crippen LogP contribution in [0.15, 0.2) is 30.5 Å². The topological polar surface area (TPSA) is 84.6 Å². The van der Waals surface area contributed by atoms with Crippen molar-refractivity contribution in [3.8, 4) is 5.75 Å². The number of hydrogen-bond donors (Lipinski definition) is 3. The van der Waals surface area contributed by atoms with Crippen LogP contribution in [0.5, 0.6) is 5.75 Å². The Morgan fingerprint density at radius 1 is 1.44 bits per heavy atom. The third kappa shape index (κ3) is 3.09. The van der Waals surface area contributed by atoms with Crippen LogP contribution in [0.25, 0.3) is 0 Å². The maximum atomic E-state index is 10.9. The molecule has 5 nitrogen and oxygen atoms in total. The number of hydrogen-bond acceptors (Lipinski definition) is 4. The molecular weight excluding hydrogens is 232 g/mol. The molecular formula is C13H16N2O3. The highest BCUT2D eigenvalue weighted by Gasteiger charge is 2.10. The fourth-order valence-electron chi connectivity index (χ4n) is 1.58. The number of nitrogens with two attached hydrogens (primary N) is 1. The van der Waals surface area contributed by atoms with Crippen molar-refractivity contribution < 1.29 is 14.6 Å². The Hall–Kier alpha value is -1.85. The summed E-state index contributed by atoms with van der Waals surface area (Å²) < 4.78 is 5.23. The molecule has 2 heterocycles. The van der Waals surface area contributed by atoms with Crippen LogP contribution in [0, 0.1) is 0 Å². The second-order valence-electron chi connectivity index (χ2n) is 4.19. The van der Waals surface area contributed by atoms with Gasteiger partial charge < -0.3 is 20.9 Å². The summed E-state index contributed by atoms with van der Waals surface area (Å²) in [5, 5.41) is 11.3. The van der Waals surface area contributed by atoms with E-state index >= 15 is 0 Å². The average Bonchev–Trinajstić information content (AvgIpc) is 2.36. The highest BCUT2D eigenvalue weighted by molar-refractivity contribution is 5.93. The first-order chi connectivity index (χ1) is 8.66. The van der Waals surface area contributed by atoms with Crippen molar-refractivity contribution in [3.63, 3.8) is 0 Å². The molecule has 0 atom stereocenters. The van der Waals surface area contributed by atoms with Gasteiger partial charge in [-0.15, -0.1) is 0 Å². The molecule has 3 rings (SSSR count). The standard InChI is InChI=1S/C10H9NO2.C3H7NO/c11-10(12)8-3-4-9-7(6-8)2-1-5-13-9;5-3-1-4-2-3/h1,3-6H,2H2,(H2,11,12);3-5H,1-2H2. The molecule has 0 spiro atoms. The Labute approximate surface area is 105 Å². The van der Waals surface area contributed by atoms with Crippen molar-refractivity contribution in [2.45, 2.75) is 12.5 Å². The van der Waals surface area contributed by atoms with Crippen LogP contribution < -0.4 is 15.8 Å². The number of ether oxygens (including phenoxy) is 1. The van der Waals surface area contributed by atoms with Gasteiger partial charge in [-0.25, -0.2) is 0 Å². The summed E-state index contributed by atoms with van der Waals surface area (Å²) in [6.45, 7) is 1.58. The lowest BCUT2D eigenvalue weighted by atomic mass is 10.1. The minimum Gasteiger partial charge on any atom is -0.465 e. The van der Waals surface area contributed by atoms with E-state index in [0.29, 0.717) is 5.56 Å². The molecule has 0 unspecified atom stereocenters. The molecule has 0 bridgehead atoms. The first kappa shape index (κ1) is 12.6. The second kappa shape index (κ2) is 5.66. The van der Waals surface area contributed by atoms with Crippen LogP contribution >= 0.6 is 0 Å². The molecule has 96 valence electrons. The van der Waals surface area contributed by atoms with Gasteiger partial charge in [-0.05, 0) is 36.3 Å². The van der Waals surface area contributed by atoms with Gasteiger partial charge in [0.05, 0.1) is 12.4 Å². The number of carbonyl (C=O) groups excluding carboxylic acids is 1. The van der Waals surface area contributed by atoms with Gasteiger partial charge in [0.1, 0.15) is 5.75 Å². The van der Waals surface area contributed by atoms with Gasteiger partial charge in [0.2, 0.25) is 5.91 Å². The molecule has 18 heavy (non-hydrogen) atoms. The highest BCUT2D eigenvalue weighted by atomic mass is 16.5. The van der Waals surface area contributed by atoms with E-state index in [-0.39, 0.29) is 6.10 Å². The maximum Gasteiger partial charge on any atom is 0.248 e. The number of aliphatic hydroxyl groups is 1. The quantitative estimate of drug-likeness (QED) is 0.662. The Morgan fingerprint density at radius 2 is 2.17 bits per heavy atom. The lowest BCUT2D eigenvalue weighted by Crippen LogP contribution is -2.46. The monoisotopic (exact) mass is 248 g/mol. The summed E-state index contributed by atoms with van der Waals surface area (Å²) in [7, 11) is 0. The third-order valence-electron chi connectivity index (χ3n) is 2.73. The summed E-state index contributed by atoms with van der Waals surface area (Å²) in [5.74, 6) is 0.393. The predicted octanol–water partition coefficient (Wildman–Crippen LogP) is 0.185. The minimum absolute atomic E-state index is 0.0463. The number of primary amides is 1. The Bertz CT molecular complexity index is 467. The molecule has 0 saturated carbocycles. The Kier molecular flexibility index (Phi) is 3.96. The van der Waals surface area contributed by atoms with Crippen molar-refractivity contribution in [1.82, 2.24) is 5.32 Å². The first-order valence-corrected chi connectivity index (χ1v) is 5.80. The van der Waals surface area contributed by atoms with E-state index in [1.54, 1.807) is 24.5 Å². The van der Waals surface area contributed by atoms with E-state index in [1.165, 1.54) is 0 Å². The number of aliphatic hydroxyl groups excluding tert-OH is 1. The number of allylic oxidation sites excluding steroid dienone is 1. The summed E-state index contributed by atoms with van der Waals surface area (Å²) in [4.78, 5) is 10.9. The second-order valence-corrected chi connectivity index (χ2v) is 4.19. The number of carbonyl (C=O) groups is 1. The number of nitrogens with one attached hydrogen (secondary N) is 1. The van der Waals surface area contributed by atoms with Crippen LogP contribution in [0.4, 0.5) is 0 Å². The maximum absolute atomic E-state index is 10.9. The molecule has 1 aromatic carbocycles. The summed E-state index contributed by atoms with van der Waals surface area (Å²) >= 11 is 0. The highest BCUT2D eigenvalue weighted by Crippen LogP contribution is 2.24. The predicted molar refractivity (Wildman–Crippen MR) is 67.3 cm³/mol. The van der Waals surface area contributed by atoms with Crippen molar-refractivity contribution in [1.29, 1.82) is 0 Å². The van der Waals surface area contributed by atoms with E-state index < -0.39 is 5.91 Å². The molecule has 1 amide bonds. The van der Waals surface area contributed by atoms with Gasteiger partial charge in [-0.1, -0.05) is 0 Å². The van der Waals surface area contributed by atoms with E-state index in [4.69, 9.17) is 15.6 Å². The number of rotatable bonds is 1. The number of benzene rings is 1. The third-order valence-corrected chi connectivity index (χ3v) is 2.73. The fourth-order valence-corrected chi connectivity index (χ4v) is 1.58. The molecule has 0 aliphatic carbocycles. The smallest absolute Gasteiger partial charge is 0.248 e. The first-order valence-electron chi connectivity index (χ1n) is 5.80. The molecule has 5 heteroatoms. The molecule has 1 aromatic rings. The van der Waals surface area contributed by atoms with E-state index in [2.05, 4.69) is 5.32 Å². The average molecular weight is 248 g/mol. The minimum atomic E-state index is -0.405. The molecule has 1 saturated heterocycles. The van der Waals surface area contributed by atoms with Gasteiger partial charge in [-0.3, -0.25) is 4.79 Å². The van der Waals surface area contributed by atoms with Gasteiger partial charge >= 0.3 is 0 Å². The molecule has 4 N–H and O–H groups in total. The number of β-amino-alcohol motifs (C(OH)–C–C–N with tert-alkyl or cyclic N) is 1. The Balaban J connectivity index is 0.000000202. The van der Waals surface area contributed by atoms with E-state index in [9.17, 15) is 4.79 Å². The lowest BCUT2D eigenvalue weighted by Gasteiger charge is -2.20. The van der Waals surface area contributed by atoms with Crippen molar-refractivity contribution in [3.05, 3.63) is 41.7 Å². The zero-order chi connectivity index (χ0) is 13.0. The molecule has 2 aliphatic rings. The fraction of sp³-hybridized carbons (Fsp3) is 0.308. The van der Waals surface area contributed by atoms with Gasteiger partial charge in [0, 0.05) is 18.7 Å². The van der Waals surface area contributed by atoms with Crippen LogP contribution in [0.1, 0.15) is 15.9 Å². The van der Waals surface area contributed by atoms with E-state index in [0.717, 1.165) is 30.8 Å². The molecule has 2 aliphatic heterocycles. The zero-order valence-electron chi connectivity index (χ0n) is 9.93. The van der Waals surface area contributed by atoms with Gasteiger partial charge in [0.25, 0.3) is 0 Å². The van der Waals surface area contributed by atoms with Crippen LogP contribution in [-0.2, 0) is 6.42 Å². The van der Waals surface area contributed by atoms with Crippen LogP contribution in [-0.4, -0.2) is 30.2 Å². The largest absolute Gasteiger partial charge is 0.465 e. The molecule has 0 radical (unpaired) electrons. The van der Waals surface area contributed by atoms with Crippen LogP contribution in [0.3, 0.4) is 0 Å². The van der Waals surface area contributed by atoms with Gasteiger partial charge in [-0.2, -0.15) is 0 Å².